The molecule has 0 bridgehead atoms. The van der Waals surface area contributed by atoms with Gasteiger partial charge in [0.25, 0.3) is 0 Å². The highest BCUT2D eigenvalue weighted by Crippen LogP contribution is 2.52. The van der Waals surface area contributed by atoms with Gasteiger partial charge in [-0.15, -0.1) is 0 Å². The van der Waals surface area contributed by atoms with Crippen molar-refractivity contribution in [3.8, 4) is 0 Å². The molecular weight excluding hydrogens is 393 g/mol. The Morgan fingerprint density at radius 2 is 0.731 bits per heavy atom. The Morgan fingerprint density at radius 3 is 1.04 bits per heavy atom. The lowest BCUT2D eigenvalue weighted by atomic mass is 10.1. The van der Waals surface area contributed by atoms with Crippen LogP contribution < -0.4 is 0 Å². The Labute approximate surface area is 170 Å². The lowest BCUT2D eigenvalue weighted by Crippen LogP contribution is -1.76. The average Bonchev–Trinajstić information content (AvgIpc) is 3.25. The van der Waals surface area contributed by atoms with Crippen LogP contribution in [0.15, 0.2) is 101 Å². The van der Waals surface area contributed by atoms with Gasteiger partial charge < -0.3 is 0 Å². The van der Waals surface area contributed by atoms with Gasteiger partial charge in [-0.25, -0.2) is 0 Å². The van der Waals surface area contributed by atoms with E-state index in [4.69, 9.17) is 0 Å². The van der Waals surface area contributed by atoms with E-state index < -0.39 is 0 Å². The molecule has 0 saturated heterocycles. The van der Waals surface area contributed by atoms with Crippen molar-refractivity contribution in [1.29, 1.82) is 0 Å². The van der Waals surface area contributed by atoms with Crippen LogP contribution >= 0.6 is 47.0 Å². The second-order valence-electron chi connectivity index (χ2n) is 5.90. The molecule has 0 spiro atoms. The van der Waals surface area contributed by atoms with Crippen LogP contribution in [0.4, 0.5) is 0 Å². The molecule has 2 aliphatic rings. The van der Waals surface area contributed by atoms with E-state index in [2.05, 4.69) is 84.9 Å². The van der Waals surface area contributed by atoms with Gasteiger partial charge in [0.1, 0.15) is 0 Å². The summed E-state index contributed by atoms with van der Waals surface area (Å²) in [7, 11) is 0. The standard InChI is InChI=1S/C22H14S4/c1-2-6-18-17(5-1)23-21(24-18)13-15-9-11-16(12-10-15)14-22-25-19-7-3-4-8-20(19)26-22/h1-14H. The minimum absolute atomic E-state index is 1.25. The number of hydrogen-bond acceptors (Lipinski definition) is 4. The number of fused-ring (bicyclic) bond motifs is 2. The smallest absolute Gasteiger partial charge is 0.0505 e. The lowest BCUT2D eigenvalue weighted by Gasteiger charge is -2.00. The number of hydrogen-bond donors (Lipinski definition) is 0. The molecule has 5 rings (SSSR count). The van der Waals surface area contributed by atoms with Crippen LogP contribution in [0.1, 0.15) is 11.1 Å². The minimum atomic E-state index is 1.25. The summed E-state index contributed by atoms with van der Waals surface area (Å²) in [5, 5.41) is 0. The zero-order valence-corrected chi connectivity index (χ0v) is 17.0. The van der Waals surface area contributed by atoms with E-state index in [0.717, 1.165) is 0 Å². The van der Waals surface area contributed by atoms with Crippen molar-refractivity contribution >= 4 is 59.2 Å². The second kappa shape index (κ2) is 7.28. The first-order chi connectivity index (χ1) is 12.8. The van der Waals surface area contributed by atoms with Crippen LogP contribution in [-0.4, -0.2) is 0 Å². The highest BCUT2D eigenvalue weighted by Gasteiger charge is 2.17. The summed E-state index contributed by atoms with van der Waals surface area (Å²) in [6, 6.07) is 26.0. The molecule has 0 unspecified atom stereocenters. The van der Waals surface area contributed by atoms with E-state index in [-0.39, 0.29) is 0 Å². The maximum atomic E-state index is 2.28. The summed E-state index contributed by atoms with van der Waals surface area (Å²) >= 11 is 7.44. The monoisotopic (exact) mass is 406 g/mol. The average molecular weight is 407 g/mol. The Morgan fingerprint density at radius 1 is 0.423 bits per heavy atom. The zero-order chi connectivity index (χ0) is 17.3. The largest absolute Gasteiger partial charge is 0.0815 e. The Bertz CT molecular complexity index is 894. The molecule has 4 heteroatoms. The van der Waals surface area contributed by atoms with Gasteiger partial charge in [0.05, 0.1) is 8.47 Å². The fourth-order valence-corrected chi connectivity index (χ4v) is 7.61. The van der Waals surface area contributed by atoms with Crippen LogP contribution in [0.3, 0.4) is 0 Å². The number of benzene rings is 3. The summed E-state index contributed by atoms with van der Waals surface area (Å²) in [5.74, 6) is 0. The van der Waals surface area contributed by atoms with Gasteiger partial charge in [-0.05, 0) is 47.5 Å². The molecule has 0 nitrogen and oxygen atoms in total. The molecule has 0 aromatic heterocycles. The molecule has 0 fully saturated rings. The van der Waals surface area contributed by atoms with Gasteiger partial charge in [-0.1, -0.05) is 95.6 Å². The third-order valence-electron chi connectivity index (χ3n) is 4.05. The third-order valence-corrected chi connectivity index (χ3v) is 8.88. The van der Waals surface area contributed by atoms with E-state index in [9.17, 15) is 0 Å². The summed E-state index contributed by atoms with van der Waals surface area (Å²) in [4.78, 5) is 5.44. The number of thioether (sulfide) groups is 4. The van der Waals surface area contributed by atoms with E-state index in [0.29, 0.717) is 0 Å². The van der Waals surface area contributed by atoms with E-state index in [1.807, 2.05) is 47.0 Å². The van der Waals surface area contributed by atoms with Crippen molar-refractivity contribution in [3.63, 3.8) is 0 Å². The van der Waals surface area contributed by atoms with Gasteiger partial charge in [0, 0.05) is 19.6 Å². The molecule has 0 radical (unpaired) electrons. The highest BCUT2D eigenvalue weighted by molar-refractivity contribution is 8.25. The molecule has 3 aromatic rings. The number of rotatable bonds is 2. The van der Waals surface area contributed by atoms with Crippen molar-refractivity contribution in [3.05, 3.63) is 92.4 Å². The van der Waals surface area contributed by atoms with Crippen LogP contribution in [0, 0.1) is 0 Å². The SMILES string of the molecule is C(=C1Sc2ccccc2S1)c1ccc(C=C2Sc3ccccc3S2)cc1. The van der Waals surface area contributed by atoms with Crippen LogP contribution in [0.25, 0.3) is 12.2 Å². The van der Waals surface area contributed by atoms with E-state index >= 15 is 0 Å². The topological polar surface area (TPSA) is 0 Å². The lowest BCUT2D eigenvalue weighted by molar-refractivity contribution is 1.27. The summed E-state index contributed by atoms with van der Waals surface area (Å²) < 4.78 is 2.68. The maximum absolute atomic E-state index is 2.28. The third kappa shape index (κ3) is 3.52. The normalized spacial score (nSPS) is 14.9. The fourth-order valence-electron chi connectivity index (χ4n) is 2.79. The molecule has 0 aliphatic carbocycles. The van der Waals surface area contributed by atoms with Gasteiger partial charge in [0.2, 0.25) is 0 Å². The predicted molar refractivity (Wildman–Crippen MR) is 119 cm³/mol. The summed E-state index contributed by atoms with van der Waals surface area (Å²) in [6.07, 6.45) is 4.56. The van der Waals surface area contributed by atoms with Crippen molar-refractivity contribution < 1.29 is 0 Å². The van der Waals surface area contributed by atoms with Crippen molar-refractivity contribution in [2.45, 2.75) is 19.6 Å². The highest BCUT2D eigenvalue weighted by atomic mass is 32.2. The summed E-state index contributed by atoms with van der Waals surface area (Å²) in [6.45, 7) is 0. The first-order valence-corrected chi connectivity index (χ1v) is 11.5. The molecule has 0 N–H and O–H groups in total. The van der Waals surface area contributed by atoms with Crippen molar-refractivity contribution in [1.82, 2.24) is 0 Å². The second-order valence-corrected chi connectivity index (χ2v) is 10.7. The van der Waals surface area contributed by atoms with Gasteiger partial charge in [0.15, 0.2) is 0 Å². The fraction of sp³-hybridized carbons (Fsp3) is 0. The van der Waals surface area contributed by atoms with Gasteiger partial charge in [-0.3, -0.25) is 0 Å². The summed E-state index contributed by atoms with van der Waals surface area (Å²) in [5.41, 5.74) is 2.51. The molecule has 3 aromatic carbocycles. The van der Waals surface area contributed by atoms with E-state index in [1.54, 1.807) is 0 Å². The molecule has 0 amide bonds. The van der Waals surface area contributed by atoms with Crippen molar-refractivity contribution in [2.24, 2.45) is 0 Å². The maximum Gasteiger partial charge on any atom is 0.0505 e. The quantitative estimate of drug-likeness (QED) is 0.421. The van der Waals surface area contributed by atoms with Crippen LogP contribution in [-0.2, 0) is 0 Å². The van der Waals surface area contributed by atoms with Crippen LogP contribution in [0.5, 0.6) is 0 Å². The van der Waals surface area contributed by atoms with Crippen LogP contribution in [0.2, 0.25) is 0 Å². The molecule has 2 heterocycles. The molecule has 2 aliphatic heterocycles. The Hall–Kier alpha value is -1.46. The molecule has 126 valence electrons. The Kier molecular flexibility index (Phi) is 4.67. The predicted octanol–water partition coefficient (Wildman–Crippen LogP) is 8.08. The first-order valence-electron chi connectivity index (χ1n) is 8.26. The molecular formula is C22H14S4. The van der Waals surface area contributed by atoms with E-state index in [1.165, 1.54) is 39.2 Å². The van der Waals surface area contributed by atoms with Crippen molar-refractivity contribution in [2.75, 3.05) is 0 Å². The van der Waals surface area contributed by atoms with Gasteiger partial charge >= 0.3 is 0 Å². The zero-order valence-electron chi connectivity index (χ0n) is 13.7. The van der Waals surface area contributed by atoms with Gasteiger partial charge in [-0.2, -0.15) is 0 Å². The minimum Gasteiger partial charge on any atom is -0.0815 e. The Balaban J connectivity index is 1.32. The molecule has 26 heavy (non-hydrogen) atoms. The molecule has 0 atom stereocenters. The first kappa shape index (κ1) is 16.7. The molecule has 0 saturated carbocycles.